The number of benzene rings is 1. The van der Waals surface area contributed by atoms with Crippen molar-refractivity contribution in [3.8, 4) is 0 Å². The van der Waals surface area contributed by atoms with E-state index < -0.39 is 23.7 Å². The van der Waals surface area contributed by atoms with Crippen LogP contribution in [0.3, 0.4) is 0 Å². The van der Waals surface area contributed by atoms with E-state index in [-0.39, 0.29) is 11.1 Å². The van der Waals surface area contributed by atoms with Crippen molar-refractivity contribution in [3.05, 3.63) is 53.3 Å². The monoisotopic (exact) mass is 324 g/mol. The number of hydrogen-bond acceptors (Lipinski definition) is 4. The number of nitrogens with one attached hydrogen (secondary N) is 2. The molecule has 0 saturated carbocycles. The first-order valence-corrected chi connectivity index (χ1v) is 6.79. The van der Waals surface area contributed by atoms with Gasteiger partial charge < -0.3 is 10.6 Å². The van der Waals surface area contributed by atoms with Crippen LogP contribution in [0.1, 0.15) is 34.5 Å². The summed E-state index contributed by atoms with van der Waals surface area (Å²) in [6.07, 6.45) is -1.87. The van der Waals surface area contributed by atoms with Crippen molar-refractivity contribution in [2.75, 3.05) is 12.4 Å². The Balaban J connectivity index is 2.18. The summed E-state index contributed by atoms with van der Waals surface area (Å²) in [4.78, 5) is 19.9. The molecule has 1 atom stereocenters. The first-order chi connectivity index (χ1) is 10.8. The molecule has 0 aliphatic rings. The highest BCUT2D eigenvalue weighted by Gasteiger charge is 2.34. The highest BCUT2D eigenvalue weighted by atomic mass is 19.4. The molecule has 0 bridgehead atoms. The van der Waals surface area contributed by atoms with Crippen LogP contribution in [0.25, 0.3) is 0 Å². The maximum atomic E-state index is 13.0. The summed E-state index contributed by atoms with van der Waals surface area (Å²) in [7, 11) is 1.63. The molecule has 1 aromatic heterocycles. The number of hydrogen-bond donors (Lipinski definition) is 2. The summed E-state index contributed by atoms with van der Waals surface area (Å²) >= 11 is 0. The Morgan fingerprint density at radius 3 is 2.35 bits per heavy atom. The molecular formula is C15H15F3N4O. The molecule has 8 heteroatoms. The molecule has 122 valence electrons. The molecule has 0 spiro atoms. The zero-order valence-electron chi connectivity index (χ0n) is 12.5. The van der Waals surface area contributed by atoms with Crippen LogP contribution >= 0.6 is 0 Å². The van der Waals surface area contributed by atoms with Crippen molar-refractivity contribution in [2.24, 2.45) is 0 Å². The summed E-state index contributed by atoms with van der Waals surface area (Å²) in [5.74, 6) is -0.200. The van der Waals surface area contributed by atoms with E-state index in [1.807, 2.05) is 0 Å². The Bertz CT molecular complexity index is 686. The first-order valence-electron chi connectivity index (χ1n) is 6.79. The molecule has 1 aromatic carbocycles. The lowest BCUT2D eigenvalue weighted by Gasteiger charge is -2.19. The minimum atomic E-state index is -4.48. The second-order valence-electron chi connectivity index (χ2n) is 4.83. The van der Waals surface area contributed by atoms with E-state index in [2.05, 4.69) is 20.6 Å². The van der Waals surface area contributed by atoms with Gasteiger partial charge in [-0.05, 0) is 18.6 Å². The third-order valence-electron chi connectivity index (χ3n) is 3.22. The molecule has 23 heavy (non-hydrogen) atoms. The van der Waals surface area contributed by atoms with Gasteiger partial charge in [0, 0.05) is 19.4 Å². The Morgan fingerprint density at radius 1 is 1.17 bits per heavy atom. The highest BCUT2D eigenvalue weighted by Crippen LogP contribution is 2.34. The fourth-order valence-corrected chi connectivity index (χ4v) is 2.06. The van der Waals surface area contributed by atoms with Crippen molar-refractivity contribution >= 4 is 11.9 Å². The lowest BCUT2D eigenvalue weighted by Crippen LogP contribution is -2.28. The van der Waals surface area contributed by atoms with E-state index in [9.17, 15) is 18.0 Å². The van der Waals surface area contributed by atoms with E-state index in [0.717, 1.165) is 6.07 Å². The summed E-state index contributed by atoms with van der Waals surface area (Å²) < 4.78 is 39.0. The molecule has 2 aromatic rings. The molecular weight excluding hydrogens is 309 g/mol. The molecule has 0 unspecified atom stereocenters. The van der Waals surface area contributed by atoms with Gasteiger partial charge in [0.2, 0.25) is 5.95 Å². The van der Waals surface area contributed by atoms with Gasteiger partial charge >= 0.3 is 6.18 Å². The minimum absolute atomic E-state index is 0.00103. The molecule has 0 fully saturated rings. The van der Waals surface area contributed by atoms with E-state index in [0.29, 0.717) is 5.95 Å². The van der Waals surface area contributed by atoms with Gasteiger partial charge in [-0.3, -0.25) is 4.79 Å². The van der Waals surface area contributed by atoms with Crippen LogP contribution in [-0.4, -0.2) is 22.9 Å². The standard InChI is InChI=1S/C15H15F3N4O/c1-9(11-5-3-4-6-12(11)15(16,17)18)22-13(23)10-7-20-14(19-2)21-8-10/h3-9H,1-2H3,(H,22,23)(H,19,20,21)/t9-/m0/s1. The average molecular weight is 324 g/mol. The fourth-order valence-electron chi connectivity index (χ4n) is 2.06. The van der Waals surface area contributed by atoms with E-state index >= 15 is 0 Å². The van der Waals surface area contributed by atoms with Crippen molar-refractivity contribution in [2.45, 2.75) is 19.1 Å². The normalized spacial score (nSPS) is 12.6. The van der Waals surface area contributed by atoms with Crippen LogP contribution in [0.15, 0.2) is 36.7 Å². The average Bonchev–Trinajstić information content (AvgIpc) is 2.54. The third kappa shape index (κ3) is 3.97. The van der Waals surface area contributed by atoms with Gasteiger partial charge in [0.15, 0.2) is 0 Å². The molecule has 1 heterocycles. The first kappa shape index (κ1) is 16.7. The molecule has 2 rings (SSSR count). The number of amides is 1. The summed E-state index contributed by atoms with van der Waals surface area (Å²) in [6.45, 7) is 1.49. The maximum Gasteiger partial charge on any atom is 0.416 e. The summed E-state index contributed by atoms with van der Waals surface area (Å²) in [5.41, 5.74) is -0.601. The van der Waals surface area contributed by atoms with Crippen molar-refractivity contribution in [3.63, 3.8) is 0 Å². The van der Waals surface area contributed by atoms with E-state index in [1.165, 1.54) is 37.5 Å². The van der Waals surface area contributed by atoms with Gasteiger partial charge in [-0.2, -0.15) is 13.2 Å². The molecule has 0 aliphatic heterocycles. The Hall–Kier alpha value is -2.64. The number of carbonyl (C=O) groups is 1. The van der Waals surface area contributed by atoms with Crippen molar-refractivity contribution < 1.29 is 18.0 Å². The maximum absolute atomic E-state index is 13.0. The Labute approximate surface area is 131 Å². The number of nitrogens with zero attached hydrogens (tertiary/aromatic N) is 2. The SMILES string of the molecule is CNc1ncc(C(=O)N[C@@H](C)c2ccccc2C(F)(F)F)cn1. The second-order valence-corrected chi connectivity index (χ2v) is 4.83. The van der Waals surface area contributed by atoms with Crippen LogP contribution < -0.4 is 10.6 Å². The van der Waals surface area contributed by atoms with Gasteiger partial charge in [0.1, 0.15) is 0 Å². The topological polar surface area (TPSA) is 66.9 Å². The van der Waals surface area contributed by atoms with E-state index in [4.69, 9.17) is 0 Å². The van der Waals surface area contributed by atoms with Crippen LogP contribution in [0.5, 0.6) is 0 Å². The predicted molar refractivity (Wildman–Crippen MR) is 78.9 cm³/mol. The van der Waals surface area contributed by atoms with Gasteiger partial charge in [0.25, 0.3) is 5.91 Å². The smallest absolute Gasteiger partial charge is 0.357 e. The zero-order chi connectivity index (χ0) is 17.0. The lowest BCUT2D eigenvalue weighted by atomic mass is 10.0. The largest absolute Gasteiger partial charge is 0.416 e. The van der Waals surface area contributed by atoms with Crippen LogP contribution in [0.4, 0.5) is 19.1 Å². The minimum Gasteiger partial charge on any atom is -0.357 e. The molecule has 0 radical (unpaired) electrons. The molecule has 1 amide bonds. The molecule has 0 saturated heterocycles. The van der Waals surface area contributed by atoms with Crippen molar-refractivity contribution in [1.29, 1.82) is 0 Å². The molecule has 0 aliphatic carbocycles. The molecule has 5 nitrogen and oxygen atoms in total. The quantitative estimate of drug-likeness (QED) is 0.907. The number of carbonyl (C=O) groups excluding carboxylic acids is 1. The number of rotatable bonds is 4. The van der Waals surface area contributed by atoms with Crippen LogP contribution in [0, 0.1) is 0 Å². The van der Waals surface area contributed by atoms with Crippen molar-refractivity contribution in [1.82, 2.24) is 15.3 Å². The van der Waals surface area contributed by atoms with Crippen LogP contribution in [0.2, 0.25) is 0 Å². The Morgan fingerprint density at radius 2 is 1.78 bits per heavy atom. The van der Waals surface area contributed by atoms with E-state index in [1.54, 1.807) is 7.05 Å². The van der Waals surface area contributed by atoms with Crippen LogP contribution in [-0.2, 0) is 6.18 Å². The zero-order valence-corrected chi connectivity index (χ0v) is 12.5. The fraction of sp³-hybridized carbons (Fsp3) is 0.267. The van der Waals surface area contributed by atoms with Gasteiger partial charge in [-0.15, -0.1) is 0 Å². The predicted octanol–water partition coefficient (Wildman–Crippen LogP) is 3.03. The van der Waals surface area contributed by atoms with Gasteiger partial charge in [-0.25, -0.2) is 9.97 Å². The number of anilines is 1. The lowest BCUT2D eigenvalue weighted by molar-refractivity contribution is -0.138. The second kappa shape index (κ2) is 6.64. The number of alkyl halides is 3. The Kier molecular flexibility index (Phi) is 4.83. The molecule has 2 N–H and O–H groups in total. The highest BCUT2D eigenvalue weighted by molar-refractivity contribution is 5.93. The number of halogens is 3. The summed E-state index contributed by atoms with van der Waals surface area (Å²) in [5, 5.41) is 5.23. The number of aromatic nitrogens is 2. The summed E-state index contributed by atoms with van der Waals surface area (Å²) in [6, 6.07) is 4.32. The third-order valence-corrected chi connectivity index (χ3v) is 3.22. The van der Waals surface area contributed by atoms with Gasteiger partial charge in [0.05, 0.1) is 17.2 Å². The van der Waals surface area contributed by atoms with Gasteiger partial charge in [-0.1, -0.05) is 18.2 Å².